The fourth-order valence-electron chi connectivity index (χ4n) is 1.56. The number of hydrogen-bond acceptors (Lipinski definition) is 6. The molecule has 1 aromatic carbocycles. The van der Waals surface area contributed by atoms with Crippen molar-refractivity contribution in [3.63, 3.8) is 0 Å². The van der Waals surface area contributed by atoms with Crippen molar-refractivity contribution in [3.05, 3.63) is 40.4 Å². The highest BCUT2D eigenvalue weighted by atomic mass is 32.2. The molecule has 2 aromatic rings. The van der Waals surface area contributed by atoms with E-state index in [0.717, 1.165) is 10.6 Å². The Morgan fingerprint density at radius 3 is 2.86 bits per heavy atom. The largest absolute Gasteiger partial charge is 0.478 e. The van der Waals surface area contributed by atoms with Crippen molar-refractivity contribution in [2.24, 2.45) is 0 Å². The van der Waals surface area contributed by atoms with Crippen molar-refractivity contribution in [2.45, 2.75) is 12.7 Å². The van der Waals surface area contributed by atoms with Gasteiger partial charge < -0.3 is 5.11 Å². The molecule has 0 fully saturated rings. The number of carboxylic acids is 1. The van der Waals surface area contributed by atoms with E-state index >= 15 is 0 Å². The maximum absolute atomic E-state index is 11.7. The molecule has 1 heterocycles. The zero-order chi connectivity index (χ0) is 15.2. The summed E-state index contributed by atoms with van der Waals surface area (Å²) in [7, 11) is 0. The summed E-state index contributed by atoms with van der Waals surface area (Å²) in [4.78, 5) is 22.6. The zero-order valence-corrected chi connectivity index (χ0v) is 12.8. The molecule has 0 aliphatic carbocycles. The molecule has 8 heteroatoms. The van der Waals surface area contributed by atoms with Gasteiger partial charge in [0.25, 0.3) is 0 Å². The number of hydrogen-bond donors (Lipinski definition) is 2. The standard InChI is InChI=1S/C13H13N3O3S2/c1-8-15-16-13(21-8)14-11(17)7-20-6-9-3-2-4-10(5-9)12(18)19/h2-5H,6-7H2,1H3,(H,18,19)(H,14,16,17). The molecule has 0 unspecified atom stereocenters. The second-order valence-electron chi connectivity index (χ2n) is 4.17. The van der Waals surface area contributed by atoms with E-state index in [1.165, 1.54) is 23.1 Å². The lowest BCUT2D eigenvalue weighted by Crippen LogP contribution is -2.14. The van der Waals surface area contributed by atoms with Crippen molar-refractivity contribution < 1.29 is 14.7 Å². The molecular weight excluding hydrogens is 310 g/mol. The van der Waals surface area contributed by atoms with E-state index in [1.54, 1.807) is 18.2 Å². The zero-order valence-electron chi connectivity index (χ0n) is 11.2. The van der Waals surface area contributed by atoms with Crippen molar-refractivity contribution in [1.29, 1.82) is 0 Å². The van der Waals surface area contributed by atoms with Crippen LogP contribution in [0.4, 0.5) is 5.13 Å². The van der Waals surface area contributed by atoms with Crippen molar-refractivity contribution in [3.8, 4) is 0 Å². The summed E-state index contributed by atoms with van der Waals surface area (Å²) >= 11 is 2.73. The number of carbonyl (C=O) groups excluding carboxylic acids is 1. The highest BCUT2D eigenvalue weighted by Crippen LogP contribution is 2.16. The lowest BCUT2D eigenvalue weighted by molar-refractivity contribution is -0.113. The second-order valence-corrected chi connectivity index (χ2v) is 6.34. The van der Waals surface area contributed by atoms with E-state index in [4.69, 9.17) is 5.11 Å². The number of rotatable bonds is 6. The summed E-state index contributed by atoms with van der Waals surface area (Å²) in [5, 5.41) is 20.5. The topological polar surface area (TPSA) is 92.2 Å². The molecule has 2 N–H and O–H groups in total. The first kappa shape index (κ1) is 15.5. The third kappa shape index (κ3) is 4.83. The number of thioether (sulfide) groups is 1. The SMILES string of the molecule is Cc1nnc(NC(=O)CSCc2cccc(C(=O)O)c2)s1. The first-order chi connectivity index (χ1) is 10.0. The molecule has 0 radical (unpaired) electrons. The van der Waals surface area contributed by atoms with Gasteiger partial charge in [-0.15, -0.1) is 22.0 Å². The van der Waals surface area contributed by atoms with Crippen LogP contribution in [0.15, 0.2) is 24.3 Å². The van der Waals surface area contributed by atoms with E-state index < -0.39 is 5.97 Å². The van der Waals surface area contributed by atoms with Gasteiger partial charge in [-0.2, -0.15) is 0 Å². The number of aromatic nitrogens is 2. The molecule has 0 atom stereocenters. The Balaban J connectivity index is 1.80. The number of aryl methyl sites for hydroxylation is 1. The lowest BCUT2D eigenvalue weighted by atomic mass is 10.1. The van der Waals surface area contributed by atoms with Gasteiger partial charge in [0.05, 0.1) is 11.3 Å². The highest BCUT2D eigenvalue weighted by Gasteiger charge is 2.07. The number of aromatic carboxylic acids is 1. The minimum atomic E-state index is -0.953. The molecule has 0 aliphatic heterocycles. The quantitative estimate of drug-likeness (QED) is 0.848. The monoisotopic (exact) mass is 323 g/mol. The molecule has 6 nitrogen and oxygen atoms in total. The Labute approximate surface area is 129 Å². The third-order valence-electron chi connectivity index (χ3n) is 2.45. The molecule has 1 aromatic heterocycles. The molecule has 0 aliphatic rings. The molecular formula is C13H13N3O3S2. The molecule has 0 spiro atoms. The van der Waals surface area contributed by atoms with Gasteiger partial charge in [-0.05, 0) is 24.6 Å². The lowest BCUT2D eigenvalue weighted by Gasteiger charge is -2.03. The van der Waals surface area contributed by atoms with Gasteiger partial charge in [0.2, 0.25) is 11.0 Å². The van der Waals surface area contributed by atoms with Gasteiger partial charge >= 0.3 is 5.97 Å². The smallest absolute Gasteiger partial charge is 0.335 e. The normalized spacial score (nSPS) is 10.3. The molecule has 0 bridgehead atoms. The second kappa shape index (κ2) is 7.19. The van der Waals surface area contributed by atoms with E-state index in [1.807, 2.05) is 13.0 Å². The van der Waals surface area contributed by atoms with Gasteiger partial charge in [-0.1, -0.05) is 23.5 Å². The maximum Gasteiger partial charge on any atom is 0.335 e. The summed E-state index contributed by atoms with van der Waals surface area (Å²) in [5.41, 5.74) is 1.13. The van der Waals surface area contributed by atoms with Crippen LogP contribution < -0.4 is 5.32 Å². The Bertz CT molecular complexity index is 658. The predicted octanol–water partition coefficient (Wildman–Crippen LogP) is 2.42. The van der Waals surface area contributed by atoms with Crippen LogP contribution in [0.2, 0.25) is 0 Å². The molecule has 1 amide bonds. The van der Waals surface area contributed by atoms with E-state index in [-0.39, 0.29) is 17.2 Å². The first-order valence-electron chi connectivity index (χ1n) is 6.04. The first-order valence-corrected chi connectivity index (χ1v) is 8.01. The van der Waals surface area contributed by atoms with Crippen LogP contribution in [-0.2, 0) is 10.5 Å². The van der Waals surface area contributed by atoms with Gasteiger partial charge in [0.15, 0.2) is 0 Å². The molecule has 0 saturated heterocycles. The summed E-state index contributed by atoms with van der Waals surface area (Å²) in [5.74, 6) is -0.253. The number of carbonyl (C=O) groups is 2. The molecule has 0 saturated carbocycles. The number of carboxylic acid groups (broad SMARTS) is 1. The Hall–Kier alpha value is -1.93. The molecule has 21 heavy (non-hydrogen) atoms. The predicted molar refractivity (Wildman–Crippen MR) is 82.8 cm³/mol. The van der Waals surface area contributed by atoms with Crippen molar-refractivity contribution >= 4 is 40.1 Å². The number of benzene rings is 1. The Kier molecular flexibility index (Phi) is 5.29. The summed E-state index contributed by atoms with van der Waals surface area (Å²) in [6.45, 7) is 1.82. The van der Waals surface area contributed by atoms with E-state index in [0.29, 0.717) is 10.9 Å². The van der Waals surface area contributed by atoms with E-state index in [9.17, 15) is 9.59 Å². The Morgan fingerprint density at radius 2 is 2.19 bits per heavy atom. The average molecular weight is 323 g/mol. The number of nitrogens with zero attached hydrogens (tertiary/aromatic N) is 2. The van der Waals surface area contributed by atoms with Crippen LogP contribution >= 0.6 is 23.1 Å². The Morgan fingerprint density at radius 1 is 1.38 bits per heavy atom. The minimum Gasteiger partial charge on any atom is -0.478 e. The summed E-state index contributed by atoms with van der Waals surface area (Å²) < 4.78 is 0. The van der Waals surface area contributed by atoms with Crippen LogP contribution in [0.5, 0.6) is 0 Å². The van der Waals surface area contributed by atoms with Crippen LogP contribution in [0.1, 0.15) is 20.9 Å². The maximum atomic E-state index is 11.7. The van der Waals surface area contributed by atoms with Gasteiger partial charge in [0, 0.05) is 5.75 Å². The summed E-state index contributed by atoms with van der Waals surface area (Å²) in [6, 6.07) is 6.69. The molecule has 2 rings (SSSR count). The third-order valence-corrected chi connectivity index (χ3v) is 4.21. The fourth-order valence-corrected chi connectivity index (χ4v) is 2.94. The summed E-state index contributed by atoms with van der Waals surface area (Å²) in [6.07, 6.45) is 0. The van der Waals surface area contributed by atoms with Gasteiger partial charge in [0.1, 0.15) is 5.01 Å². The average Bonchev–Trinajstić information content (AvgIpc) is 2.84. The van der Waals surface area contributed by atoms with Crippen LogP contribution in [0.25, 0.3) is 0 Å². The number of amides is 1. The number of anilines is 1. The fraction of sp³-hybridized carbons (Fsp3) is 0.231. The van der Waals surface area contributed by atoms with E-state index in [2.05, 4.69) is 15.5 Å². The van der Waals surface area contributed by atoms with Crippen LogP contribution in [0.3, 0.4) is 0 Å². The number of nitrogens with one attached hydrogen (secondary N) is 1. The van der Waals surface area contributed by atoms with Gasteiger partial charge in [-0.3, -0.25) is 10.1 Å². The van der Waals surface area contributed by atoms with Crippen LogP contribution in [0, 0.1) is 6.92 Å². The highest BCUT2D eigenvalue weighted by molar-refractivity contribution is 7.99. The van der Waals surface area contributed by atoms with Gasteiger partial charge in [-0.25, -0.2) is 4.79 Å². The minimum absolute atomic E-state index is 0.148. The van der Waals surface area contributed by atoms with Crippen molar-refractivity contribution in [2.75, 3.05) is 11.1 Å². The molecule has 110 valence electrons. The van der Waals surface area contributed by atoms with Crippen molar-refractivity contribution in [1.82, 2.24) is 10.2 Å². The van der Waals surface area contributed by atoms with Crippen LogP contribution in [-0.4, -0.2) is 32.9 Å².